The molecule has 0 radical (unpaired) electrons. The Balaban J connectivity index is 2.56. The maximum atomic E-state index is 5.78. The van der Waals surface area contributed by atoms with Crippen molar-refractivity contribution in [2.75, 3.05) is 25.6 Å². The maximum Gasteiger partial charge on any atom is 0.131 e. The fraction of sp³-hybridized carbons (Fsp3) is 0.444. The van der Waals surface area contributed by atoms with Gasteiger partial charge in [-0.15, -0.1) is 0 Å². The van der Waals surface area contributed by atoms with Crippen molar-refractivity contribution >= 4 is 17.4 Å². The number of hydrogen-bond acceptors (Lipinski definition) is 3. The number of halogens is 1. The van der Waals surface area contributed by atoms with Gasteiger partial charge in [-0.1, -0.05) is 11.6 Å². The summed E-state index contributed by atoms with van der Waals surface area (Å²) >= 11 is 5.78. The predicted octanol–water partition coefficient (Wildman–Crippen LogP) is 2.10. The van der Waals surface area contributed by atoms with E-state index >= 15 is 0 Å². The van der Waals surface area contributed by atoms with Crippen molar-refractivity contribution in [2.45, 2.75) is 6.92 Å². The largest absolute Gasteiger partial charge is 0.383 e. The number of rotatable bonds is 4. The Labute approximate surface area is 83.1 Å². The van der Waals surface area contributed by atoms with Crippen LogP contribution in [0, 0.1) is 6.92 Å². The van der Waals surface area contributed by atoms with E-state index in [-0.39, 0.29) is 0 Å². The molecule has 13 heavy (non-hydrogen) atoms. The van der Waals surface area contributed by atoms with Gasteiger partial charge in [0, 0.05) is 13.7 Å². The quantitative estimate of drug-likeness (QED) is 0.597. The van der Waals surface area contributed by atoms with E-state index in [0.29, 0.717) is 11.8 Å². The molecule has 0 saturated heterocycles. The standard InChI is InChI=1S/C9H13ClN2O/c1-7-5-8(10)12-9(6-7)11-3-4-13-2/h5-6H,3-4H2,1-2H3,(H,11,12). The van der Waals surface area contributed by atoms with Crippen LogP contribution in [0.1, 0.15) is 5.56 Å². The summed E-state index contributed by atoms with van der Waals surface area (Å²) in [4.78, 5) is 4.10. The molecule has 1 N–H and O–H groups in total. The molecule has 0 atom stereocenters. The van der Waals surface area contributed by atoms with Crippen molar-refractivity contribution in [3.8, 4) is 0 Å². The molecule has 0 bridgehead atoms. The maximum absolute atomic E-state index is 5.78. The molecule has 3 nitrogen and oxygen atoms in total. The second-order valence-electron chi connectivity index (χ2n) is 2.77. The fourth-order valence-electron chi connectivity index (χ4n) is 0.997. The van der Waals surface area contributed by atoms with Gasteiger partial charge in [0.1, 0.15) is 11.0 Å². The molecule has 0 fully saturated rings. The molecular weight excluding hydrogens is 188 g/mol. The van der Waals surface area contributed by atoms with Gasteiger partial charge in [0.25, 0.3) is 0 Å². The highest BCUT2D eigenvalue weighted by molar-refractivity contribution is 6.29. The molecule has 0 aliphatic rings. The lowest BCUT2D eigenvalue weighted by atomic mass is 10.3. The molecular formula is C9H13ClN2O. The molecule has 0 amide bonds. The lowest BCUT2D eigenvalue weighted by molar-refractivity contribution is 0.210. The highest BCUT2D eigenvalue weighted by atomic mass is 35.5. The number of nitrogens with one attached hydrogen (secondary N) is 1. The summed E-state index contributed by atoms with van der Waals surface area (Å²) in [6, 6.07) is 3.77. The zero-order valence-corrected chi connectivity index (χ0v) is 8.56. The summed E-state index contributed by atoms with van der Waals surface area (Å²) in [7, 11) is 1.67. The van der Waals surface area contributed by atoms with Gasteiger partial charge < -0.3 is 10.1 Å². The smallest absolute Gasteiger partial charge is 0.131 e. The topological polar surface area (TPSA) is 34.1 Å². The molecule has 0 unspecified atom stereocenters. The molecule has 0 aliphatic heterocycles. The molecule has 72 valence electrons. The van der Waals surface area contributed by atoms with Crippen LogP contribution in [-0.4, -0.2) is 25.2 Å². The monoisotopic (exact) mass is 200 g/mol. The average molecular weight is 201 g/mol. The minimum Gasteiger partial charge on any atom is -0.383 e. The van der Waals surface area contributed by atoms with Crippen molar-refractivity contribution in [2.24, 2.45) is 0 Å². The Kier molecular flexibility index (Phi) is 3.99. The van der Waals surface area contributed by atoms with E-state index in [4.69, 9.17) is 16.3 Å². The van der Waals surface area contributed by atoms with E-state index in [1.807, 2.05) is 19.1 Å². The van der Waals surface area contributed by atoms with Crippen LogP contribution in [0.2, 0.25) is 5.15 Å². The lowest BCUT2D eigenvalue weighted by Crippen LogP contribution is -2.08. The van der Waals surface area contributed by atoms with Gasteiger partial charge in [-0.25, -0.2) is 4.98 Å². The Morgan fingerprint density at radius 2 is 2.31 bits per heavy atom. The molecule has 0 aromatic carbocycles. The number of nitrogens with zero attached hydrogens (tertiary/aromatic N) is 1. The normalized spacial score (nSPS) is 10.1. The summed E-state index contributed by atoms with van der Waals surface area (Å²) in [6.45, 7) is 3.38. The van der Waals surface area contributed by atoms with Crippen molar-refractivity contribution in [3.63, 3.8) is 0 Å². The zero-order valence-electron chi connectivity index (χ0n) is 7.80. The third-order valence-corrected chi connectivity index (χ3v) is 1.74. The Bertz CT molecular complexity index is 258. The van der Waals surface area contributed by atoms with E-state index in [0.717, 1.165) is 17.9 Å². The molecule has 4 heteroatoms. The summed E-state index contributed by atoms with van der Waals surface area (Å²) in [5, 5.41) is 3.62. The van der Waals surface area contributed by atoms with Crippen LogP contribution in [0.5, 0.6) is 0 Å². The van der Waals surface area contributed by atoms with Gasteiger partial charge in [0.05, 0.1) is 6.61 Å². The number of aromatic nitrogens is 1. The minimum atomic E-state index is 0.514. The van der Waals surface area contributed by atoms with Gasteiger partial charge in [0.15, 0.2) is 0 Å². The Morgan fingerprint density at radius 3 is 2.92 bits per heavy atom. The van der Waals surface area contributed by atoms with Gasteiger partial charge in [-0.2, -0.15) is 0 Å². The predicted molar refractivity (Wildman–Crippen MR) is 54.3 cm³/mol. The Hall–Kier alpha value is -0.800. The first-order valence-corrected chi connectivity index (χ1v) is 4.47. The Morgan fingerprint density at radius 1 is 1.54 bits per heavy atom. The molecule has 1 aromatic heterocycles. The van der Waals surface area contributed by atoms with E-state index in [9.17, 15) is 0 Å². The van der Waals surface area contributed by atoms with Crippen molar-refractivity contribution in [1.29, 1.82) is 0 Å². The summed E-state index contributed by atoms with van der Waals surface area (Å²) in [6.07, 6.45) is 0. The van der Waals surface area contributed by atoms with E-state index in [1.54, 1.807) is 7.11 Å². The van der Waals surface area contributed by atoms with Gasteiger partial charge in [0.2, 0.25) is 0 Å². The number of aryl methyl sites for hydroxylation is 1. The summed E-state index contributed by atoms with van der Waals surface area (Å²) in [5.41, 5.74) is 1.10. The average Bonchev–Trinajstić information content (AvgIpc) is 2.03. The number of pyridine rings is 1. The van der Waals surface area contributed by atoms with Crippen molar-refractivity contribution < 1.29 is 4.74 Å². The third kappa shape index (κ3) is 3.61. The zero-order chi connectivity index (χ0) is 9.68. The van der Waals surface area contributed by atoms with Crippen LogP contribution in [0.15, 0.2) is 12.1 Å². The van der Waals surface area contributed by atoms with Crippen LogP contribution < -0.4 is 5.32 Å². The van der Waals surface area contributed by atoms with Crippen LogP contribution in [0.3, 0.4) is 0 Å². The number of methoxy groups -OCH3 is 1. The molecule has 0 spiro atoms. The number of ether oxygens (including phenoxy) is 1. The first-order valence-electron chi connectivity index (χ1n) is 4.09. The van der Waals surface area contributed by atoms with Crippen LogP contribution in [0.25, 0.3) is 0 Å². The highest BCUT2D eigenvalue weighted by Crippen LogP contribution is 2.12. The van der Waals surface area contributed by atoms with Crippen LogP contribution in [-0.2, 0) is 4.74 Å². The SMILES string of the molecule is COCCNc1cc(C)cc(Cl)n1. The third-order valence-electron chi connectivity index (χ3n) is 1.55. The second-order valence-corrected chi connectivity index (χ2v) is 3.16. The molecule has 1 aromatic rings. The number of anilines is 1. The van der Waals surface area contributed by atoms with Crippen molar-refractivity contribution in [1.82, 2.24) is 4.98 Å². The summed E-state index contributed by atoms with van der Waals surface area (Å²) < 4.78 is 4.90. The molecule has 1 rings (SSSR count). The summed E-state index contributed by atoms with van der Waals surface area (Å²) in [5.74, 6) is 0.794. The minimum absolute atomic E-state index is 0.514. The number of hydrogen-bond donors (Lipinski definition) is 1. The lowest BCUT2D eigenvalue weighted by Gasteiger charge is -2.05. The van der Waals surface area contributed by atoms with Crippen LogP contribution >= 0.6 is 11.6 Å². The molecule has 1 heterocycles. The first-order chi connectivity index (χ1) is 6.22. The van der Waals surface area contributed by atoms with E-state index < -0.39 is 0 Å². The highest BCUT2D eigenvalue weighted by Gasteiger charge is 1.96. The van der Waals surface area contributed by atoms with Crippen LogP contribution in [0.4, 0.5) is 5.82 Å². The fourth-order valence-corrected chi connectivity index (χ4v) is 1.26. The second kappa shape index (κ2) is 5.04. The van der Waals surface area contributed by atoms with Gasteiger partial charge in [-0.3, -0.25) is 0 Å². The molecule has 0 aliphatic carbocycles. The van der Waals surface area contributed by atoms with Crippen molar-refractivity contribution in [3.05, 3.63) is 22.8 Å². The van der Waals surface area contributed by atoms with E-state index in [2.05, 4.69) is 10.3 Å². The van der Waals surface area contributed by atoms with Gasteiger partial charge in [-0.05, 0) is 24.6 Å². The first kappa shape index (κ1) is 10.3. The van der Waals surface area contributed by atoms with E-state index in [1.165, 1.54) is 0 Å². The van der Waals surface area contributed by atoms with Gasteiger partial charge >= 0.3 is 0 Å². The molecule has 0 saturated carbocycles.